The molecule has 0 aromatic carbocycles. The van der Waals surface area contributed by atoms with Crippen molar-refractivity contribution < 1.29 is 14.3 Å². The quantitative estimate of drug-likeness (QED) is 0.634. The summed E-state index contributed by atoms with van der Waals surface area (Å²) in [4.78, 5) is 24.0. The summed E-state index contributed by atoms with van der Waals surface area (Å²) in [5.41, 5.74) is 5.24. The molecule has 2 N–H and O–H groups in total. The number of carbonyl (C=O) groups excluding carboxylic acids is 2. The van der Waals surface area contributed by atoms with E-state index in [4.69, 9.17) is 5.73 Å². The molecule has 0 aliphatic heterocycles. The monoisotopic (exact) mass is 216 g/mol. The molecule has 0 saturated carbocycles. The lowest BCUT2D eigenvalue weighted by Crippen LogP contribution is -2.44. The van der Waals surface area contributed by atoms with E-state index in [9.17, 15) is 9.59 Å². The first-order valence-electron chi connectivity index (χ1n) is 5.01. The van der Waals surface area contributed by atoms with Crippen molar-refractivity contribution in [3.8, 4) is 0 Å². The molecule has 0 saturated heterocycles. The summed E-state index contributed by atoms with van der Waals surface area (Å²) >= 11 is 0. The van der Waals surface area contributed by atoms with E-state index in [2.05, 4.69) is 4.74 Å². The smallest absolute Gasteiger partial charge is 0.309 e. The highest BCUT2D eigenvalue weighted by molar-refractivity contribution is 5.79. The lowest BCUT2D eigenvalue weighted by molar-refractivity contribution is -0.146. The molecule has 88 valence electrons. The first-order chi connectivity index (χ1) is 6.93. The number of rotatable bonds is 6. The molecule has 0 spiro atoms. The predicted octanol–water partition coefficient (Wildman–Crippen LogP) is -0.00880. The van der Waals surface area contributed by atoms with Crippen molar-refractivity contribution >= 4 is 11.9 Å². The highest BCUT2D eigenvalue weighted by Crippen LogP contribution is 2.06. The van der Waals surface area contributed by atoms with Gasteiger partial charge in [0.1, 0.15) is 0 Å². The predicted molar refractivity (Wildman–Crippen MR) is 57.1 cm³/mol. The Morgan fingerprint density at radius 3 is 2.33 bits per heavy atom. The molecule has 0 rings (SSSR count). The molecular weight excluding hydrogens is 196 g/mol. The standard InChI is InChI=1S/C10H20N2O3/c1-5-8(9(11)13)12(3)6-7(2)10(14)15-4/h7-8H,5-6H2,1-4H3,(H2,11,13). The van der Waals surface area contributed by atoms with E-state index >= 15 is 0 Å². The van der Waals surface area contributed by atoms with E-state index in [-0.39, 0.29) is 23.8 Å². The minimum absolute atomic E-state index is 0.256. The highest BCUT2D eigenvalue weighted by Gasteiger charge is 2.23. The summed E-state index contributed by atoms with van der Waals surface area (Å²) in [7, 11) is 3.13. The minimum Gasteiger partial charge on any atom is -0.469 e. The van der Waals surface area contributed by atoms with Crippen LogP contribution >= 0.6 is 0 Å². The Balaban J connectivity index is 4.27. The van der Waals surface area contributed by atoms with Crippen LogP contribution in [0.25, 0.3) is 0 Å². The number of primary amides is 1. The van der Waals surface area contributed by atoms with E-state index in [1.165, 1.54) is 7.11 Å². The van der Waals surface area contributed by atoms with Crippen LogP contribution in [0.4, 0.5) is 0 Å². The number of esters is 1. The third-order valence-electron chi connectivity index (χ3n) is 2.41. The van der Waals surface area contributed by atoms with Crippen LogP contribution in [0.3, 0.4) is 0 Å². The van der Waals surface area contributed by atoms with Gasteiger partial charge in [-0.05, 0) is 13.5 Å². The third kappa shape index (κ3) is 4.29. The Labute approximate surface area is 90.6 Å². The van der Waals surface area contributed by atoms with Crippen LogP contribution in [0.1, 0.15) is 20.3 Å². The second-order valence-corrected chi connectivity index (χ2v) is 3.69. The maximum absolute atomic E-state index is 11.2. The van der Waals surface area contributed by atoms with Gasteiger partial charge in [-0.1, -0.05) is 13.8 Å². The molecular formula is C10H20N2O3. The maximum atomic E-state index is 11.2. The lowest BCUT2D eigenvalue weighted by Gasteiger charge is -2.26. The summed E-state index contributed by atoms with van der Waals surface area (Å²) in [6.45, 7) is 4.11. The Morgan fingerprint density at radius 1 is 1.47 bits per heavy atom. The first kappa shape index (κ1) is 13.9. The zero-order chi connectivity index (χ0) is 12.0. The van der Waals surface area contributed by atoms with Crippen LogP contribution in [0.2, 0.25) is 0 Å². The Kier molecular flexibility index (Phi) is 5.93. The van der Waals surface area contributed by atoms with Crippen LogP contribution in [0, 0.1) is 5.92 Å². The number of carbonyl (C=O) groups is 2. The second-order valence-electron chi connectivity index (χ2n) is 3.69. The van der Waals surface area contributed by atoms with E-state index in [0.717, 1.165) is 0 Å². The summed E-state index contributed by atoms with van der Waals surface area (Å²) < 4.78 is 4.60. The molecule has 15 heavy (non-hydrogen) atoms. The number of ether oxygens (including phenoxy) is 1. The molecule has 0 fully saturated rings. The molecule has 0 aromatic heterocycles. The minimum atomic E-state index is -0.364. The molecule has 5 nitrogen and oxygen atoms in total. The fraction of sp³-hybridized carbons (Fsp3) is 0.800. The van der Waals surface area contributed by atoms with Gasteiger partial charge in [-0.3, -0.25) is 14.5 Å². The molecule has 1 amide bonds. The van der Waals surface area contributed by atoms with Gasteiger partial charge in [0.05, 0.1) is 19.1 Å². The van der Waals surface area contributed by atoms with Gasteiger partial charge >= 0.3 is 5.97 Å². The second kappa shape index (κ2) is 6.40. The maximum Gasteiger partial charge on any atom is 0.309 e. The van der Waals surface area contributed by atoms with Crippen molar-refractivity contribution in [2.24, 2.45) is 11.7 Å². The average Bonchev–Trinajstić information content (AvgIpc) is 2.16. The average molecular weight is 216 g/mol. The summed E-state index contributed by atoms with van der Waals surface area (Å²) in [6.07, 6.45) is 0.639. The summed E-state index contributed by atoms with van der Waals surface area (Å²) in [5, 5.41) is 0. The van der Waals surface area contributed by atoms with Crippen LogP contribution in [-0.4, -0.2) is 43.5 Å². The molecule has 0 aromatic rings. The molecule has 0 aliphatic rings. The lowest BCUT2D eigenvalue weighted by atomic mass is 10.1. The van der Waals surface area contributed by atoms with Gasteiger partial charge in [-0.15, -0.1) is 0 Å². The fourth-order valence-corrected chi connectivity index (χ4v) is 1.57. The SMILES string of the molecule is CCC(C(N)=O)N(C)CC(C)C(=O)OC. The largest absolute Gasteiger partial charge is 0.469 e. The van der Waals surface area contributed by atoms with Gasteiger partial charge in [-0.25, -0.2) is 0 Å². The van der Waals surface area contributed by atoms with Gasteiger partial charge in [0, 0.05) is 6.54 Å². The first-order valence-corrected chi connectivity index (χ1v) is 5.01. The Hall–Kier alpha value is -1.10. The summed E-state index contributed by atoms with van der Waals surface area (Å²) in [6, 6.07) is -0.322. The zero-order valence-electron chi connectivity index (χ0n) is 9.82. The fourth-order valence-electron chi connectivity index (χ4n) is 1.57. The highest BCUT2D eigenvalue weighted by atomic mass is 16.5. The van der Waals surface area contributed by atoms with Gasteiger partial charge in [0.15, 0.2) is 0 Å². The summed E-state index contributed by atoms with van der Waals surface area (Å²) in [5.74, 6) is -0.897. The van der Waals surface area contributed by atoms with Crippen molar-refractivity contribution in [3.05, 3.63) is 0 Å². The number of hydrogen-bond acceptors (Lipinski definition) is 4. The van der Waals surface area contributed by atoms with Gasteiger partial charge in [-0.2, -0.15) is 0 Å². The van der Waals surface area contributed by atoms with E-state index < -0.39 is 0 Å². The van der Waals surface area contributed by atoms with E-state index in [0.29, 0.717) is 13.0 Å². The van der Waals surface area contributed by atoms with Crippen molar-refractivity contribution in [1.82, 2.24) is 4.90 Å². The van der Waals surface area contributed by atoms with E-state index in [1.54, 1.807) is 18.9 Å². The Bertz CT molecular complexity index is 231. The van der Waals surface area contributed by atoms with Crippen LogP contribution in [0.15, 0.2) is 0 Å². The normalized spacial score (nSPS) is 14.7. The molecule has 2 atom stereocenters. The molecule has 0 heterocycles. The topological polar surface area (TPSA) is 72.6 Å². The number of hydrogen-bond donors (Lipinski definition) is 1. The van der Waals surface area contributed by atoms with Crippen molar-refractivity contribution in [2.75, 3.05) is 20.7 Å². The molecule has 0 aliphatic carbocycles. The van der Waals surface area contributed by atoms with Crippen molar-refractivity contribution in [3.63, 3.8) is 0 Å². The number of amides is 1. The van der Waals surface area contributed by atoms with Crippen LogP contribution in [0.5, 0.6) is 0 Å². The molecule has 5 heteroatoms. The third-order valence-corrected chi connectivity index (χ3v) is 2.41. The van der Waals surface area contributed by atoms with Crippen LogP contribution in [-0.2, 0) is 14.3 Å². The van der Waals surface area contributed by atoms with Crippen LogP contribution < -0.4 is 5.73 Å². The Morgan fingerprint density at radius 2 is 2.00 bits per heavy atom. The molecule has 2 unspecified atom stereocenters. The zero-order valence-corrected chi connectivity index (χ0v) is 9.82. The van der Waals surface area contributed by atoms with Gasteiger partial charge in [0.2, 0.25) is 5.91 Å². The van der Waals surface area contributed by atoms with Gasteiger partial charge < -0.3 is 10.5 Å². The van der Waals surface area contributed by atoms with E-state index in [1.807, 2.05) is 6.92 Å². The molecule has 0 bridgehead atoms. The number of methoxy groups -OCH3 is 1. The number of nitrogens with two attached hydrogens (primary N) is 1. The van der Waals surface area contributed by atoms with Crippen molar-refractivity contribution in [2.45, 2.75) is 26.3 Å². The number of likely N-dealkylation sites (N-methyl/N-ethyl adjacent to an activating group) is 1. The van der Waals surface area contributed by atoms with Gasteiger partial charge in [0.25, 0.3) is 0 Å². The number of nitrogens with zero attached hydrogens (tertiary/aromatic N) is 1. The molecule has 0 radical (unpaired) electrons. The van der Waals surface area contributed by atoms with Crippen molar-refractivity contribution in [1.29, 1.82) is 0 Å².